The topological polar surface area (TPSA) is 72.5 Å². The number of hydrogen-bond acceptors (Lipinski definition) is 4. The molecule has 5 heteroatoms. The zero-order valence-electron chi connectivity index (χ0n) is 14.5. The summed E-state index contributed by atoms with van der Waals surface area (Å²) in [4.78, 5) is 35.9. The molecule has 130 valence electrons. The second-order valence-electron chi connectivity index (χ2n) is 5.83. The summed E-state index contributed by atoms with van der Waals surface area (Å²) in [6.45, 7) is 4.84. The van der Waals surface area contributed by atoms with Gasteiger partial charge in [0.25, 0.3) is 5.91 Å². The number of para-hydroxylation sites is 1. The Kier molecular flexibility index (Phi) is 6.06. The molecule has 0 radical (unpaired) electrons. The van der Waals surface area contributed by atoms with Crippen LogP contribution in [0.4, 0.5) is 5.69 Å². The maximum atomic E-state index is 12.2. The molecule has 0 saturated heterocycles. The molecule has 1 atom stereocenters. The van der Waals surface area contributed by atoms with Gasteiger partial charge >= 0.3 is 5.97 Å². The van der Waals surface area contributed by atoms with E-state index in [0.717, 1.165) is 11.1 Å². The van der Waals surface area contributed by atoms with E-state index in [0.29, 0.717) is 11.3 Å². The number of carbonyl (C=O) groups excluding carboxylic acids is 3. The van der Waals surface area contributed by atoms with Crippen molar-refractivity contribution in [2.75, 3.05) is 5.32 Å². The molecule has 0 saturated carbocycles. The first-order valence-corrected chi connectivity index (χ1v) is 8.03. The second-order valence-corrected chi connectivity index (χ2v) is 5.83. The van der Waals surface area contributed by atoms with Gasteiger partial charge in [0.05, 0.1) is 12.1 Å². The lowest BCUT2D eigenvalue weighted by Gasteiger charge is -2.15. The van der Waals surface area contributed by atoms with Crippen LogP contribution in [0.5, 0.6) is 0 Å². The number of carbonyl (C=O) groups is 3. The molecule has 0 aliphatic heterocycles. The van der Waals surface area contributed by atoms with Crippen molar-refractivity contribution in [1.29, 1.82) is 0 Å². The summed E-state index contributed by atoms with van der Waals surface area (Å²) in [6.07, 6.45) is -0.856. The lowest BCUT2D eigenvalue weighted by molar-refractivity contribution is -0.152. The molecular weight excluding hydrogens is 318 g/mol. The smallest absolute Gasteiger partial charge is 0.311 e. The number of esters is 1. The van der Waals surface area contributed by atoms with Crippen LogP contribution in [0, 0.1) is 6.92 Å². The van der Waals surface area contributed by atoms with Crippen molar-refractivity contribution < 1.29 is 19.1 Å². The van der Waals surface area contributed by atoms with E-state index in [1.807, 2.05) is 31.2 Å². The van der Waals surface area contributed by atoms with Gasteiger partial charge in [-0.3, -0.25) is 14.4 Å². The van der Waals surface area contributed by atoms with Crippen LogP contribution in [0.1, 0.15) is 35.3 Å². The lowest BCUT2D eigenvalue weighted by atomic mass is 10.1. The molecule has 0 spiro atoms. The number of aryl methyl sites for hydroxylation is 1. The fourth-order valence-corrected chi connectivity index (χ4v) is 2.39. The molecule has 0 aliphatic carbocycles. The molecule has 0 aliphatic rings. The standard InChI is InChI=1S/C20H21NO4/c1-13-8-4-5-9-16(13)12-19(23)25-15(3)20(24)21-18-11-7-6-10-17(18)14(2)22/h4-11,15H,12H2,1-3H3,(H,21,24)/t15-/m0/s1. The van der Waals surface area contributed by atoms with Crippen LogP contribution in [0.3, 0.4) is 0 Å². The molecule has 0 bridgehead atoms. The minimum atomic E-state index is -0.962. The number of hydrogen-bond donors (Lipinski definition) is 1. The molecule has 1 N–H and O–H groups in total. The molecule has 0 unspecified atom stereocenters. The zero-order valence-corrected chi connectivity index (χ0v) is 14.5. The molecule has 0 aromatic heterocycles. The van der Waals surface area contributed by atoms with E-state index >= 15 is 0 Å². The molecule has 0 fully saturated rings. The number of ketones is 1. The molecule has 25 heavy (non-hydrogen) atoms. The van der Waals surface area contributed by atoms with Crippen molar-refractivity contribution in [3.05, 3.63) is 65.2 Å². The van der Waals surface area contributed by atoms with E-state index in [-0.39, 0.29) is 12.2 Å². The second kappa shape index (κ2) is 8.24. The van der Waals surface area contributed by atoms with E-state index in [1.54, 1.807) is 24.3 Å². The Morgan fingerprint density at radius 1 is 1.04 bits per heavy atom. The highest BCUT2D eigenvalue weighted by atomic mass is 16.5. The number of ether oxygens (including phenoxy) is 1. The summed E-state index contributed by atoms with van der Waals surface area (Å²) in [6, 6.07) is 14.2. The first-order valence-electron chi connectivity index (χ1n) is 8.03. The van der Waals surface area contributed by atoms with Crippen molar-refractivity contribution in [1.82, 2.24) is 0 Å². The van der Waals surface area contributed by atoms with Crippen molar-refractivity contribution in [2.24, 2.45) is 0 Å². The van der Waals surface area contributed by atoms with E-state index < -0.39 is 18.0 Å². The average Bonchev–Trinajstić information content (AvgIpc) is 2.57. The summed E-state index contributed by atoms with van der Waals surface area (Å²) in [5.41, 5.74) is 2.67. The van der Waals surface area contributed by atoms with Crippen molar-refractivity contribution in [3.8, 4) is 0 Å². The van der Waals surface area contributed by atoms with Gasteiger partial charge in [-0.05, 0) is 44.0 Å². The maximum Gasteiger partial charge on any atom is 0.311 e. The van der Waals surface area contributed by atoms with Crippen LogP contribution in [0.15, 0.2) is 48.5 Å². The van der Waals surface area contributed by atoms with Gasteiger partial charge < -0.3 is 10.1 Å². The third-order valence-electron chi connectivity index (χ3n) is 3.84. The first-order chi connectivity index (χ1) is 11.9. The highest BCUT2D eigenvalue weighted by molar-refractivity contribution is 6.04. The molecule has 2 rings (SSSR count). The third kappa shape index (κ3) is 5.01. The number of benzene rings is 2. The van der Waals surface area contributed by atoms with Crippen LogP contribution >= 0.6 is 0 Å². The van der Waals surface area contributed by atoms with Crippen LogP contribution < -0.4 is 5.32 Å². The number of anilines is 1. The van der Waals surface area contributed by atoms with Gasteiger partial charge in [0, 0.05) is 5.56 Å². The Labute approximate surface area is 147 Å². The van der Waals surface area contributed by atoms with Gasteiger partial charge in [-0.2, -0.15) is 0 Å². The minimum Gasteiger partial charge on any atom is -0.452 e. The summed E-state index contributed by atoms with van der Waals surface area (Å²) in [5.74, 6) is -1.11. The van der Waals surface area contributed by atoms with Gasteiger partial charge in [-0.25, -0.2) is 0 Å². The Bertz CT molecular complexity index is 798. The van der Waals surface area contributed by atoms with Crippen molar-refractivity contribution >= 4 is 23.3 Å². The monoisotopic (exact) mass is 339 g/mol. The van der Waals surface area contributed by atoms with E-state index in [2.05, 4.69) is 5.32 Å². The highest BCUT2D eigenvalue weighted by Gasteiger charge is 2.20. The van der Waals surface area contributed by atoms with Gasteiger partial charge in [-0.1, -0.05) is 36.4 Å². The lowest BCUT2D eigenvalue weighted by Crippen LogP contribution is -2.31. The summed E-state index contributed by atoms with van der Waals surface area (Å²) in [7, 11) is 0. The van der Waals surface area contributed by atoms with Crippen molar-refractivity contribution in [2.45, 2.75) is 33.3 Å². The quantitative estimate of drug-likeness (QED) is 0.647. The SMILES string of the molecule is CC(=O)c1ccccc1NC(=O)[C@H](C)OC(=O)Cc1ccccc1C. The van der Waals surface area contributed by atoms with Gasteiger partial charge in [0.2, 0.25) is 0 Å². The summed E-state index contributed by atoms with van der Waals surface area (Å²) < 4.78 is 5.21. The predicted molar refractivity (Wildman–Crippen MR) is 95.5 cm³/mol. The van der Waals surface area contributed by atoms with Gasteiger partial charge in [0.1, 0.15) is 0 Å². The maximum absolute atomic E-state index is 12.2. The molecular formula is C20H21NO4. The summed E-state index contributed by atoms with van der Waals surface area (Å²) in [5, 5.41) is 2.64. The molecule has 0 heterocycles. The average molecular weight is 339 g/mol. The number of Topliss-reactive ketones (excluding diaryl/α,β-unsaturated/α-hetero) is 1. The fraction of sp³-hybridized carbons (Fsp3) is 0.250. The largest absolute Gasteiger partial charge is 0.452 e. The number of amides is 1. The Hall–Kier alpha value is -2.95. The highest BCUT2D eigenvalue weighted by Crippen LogP contribution is 2.16. The molecule has 1 amide bonds. The predicted octanol–water partition coefficient (Wildman–Crippen LogP) is 3.31. The normalized spacial score (nSPS) is 11.5. The van der Waals surface area contributed by atoms with E-state index in [1.165, 1.54) is 13.8 Å². The molecule has 5 nitrogen and oxygen atoms in total. The fourth-order valence-electron chi connectivity index (χ4n) is 2.39. The first kappa shape index (κ1) is 18.4. The number of rotatable bonds is 6. The van der Waals surface area contributed by atoms with Gasteiger partial charge in [-0.15, -0.1) is 0 Å². The van der Waals surface area contributed by atoms with Crippen LogP contribution in [-0.4, -0.2) is 23.8 Å². The number of nitrogens with one attached hydrogen (secondary N) is 1. The Morgan fingerprint density at radius 2 is 1.68 bits per heavy atom. The van der Waals surface area contributed by atoms with Crippen LogP contribution in [0.2, 0.25) is 0 Å². The van der Waals surface area contributed by atoms with Crippen molar-refractivity contribution in [3.63, 3.8) is 0 Å². The van der Waals surface area contributed by atoms with Crippen LogP contribution in [-0.2, 0) is 20.7 Å². The Balaban J connectivity index is 1.98. The van der Waals surface area contributed by atoms with Gasteiger partial charge in [0.15, 0.2) is 11.9 Å². The minimum absolute atomic E-state index is 0.105. The molecule has 2 aromatic rings. The molecule has 2 aromatic carbocycles. The Morgan fingerprint density at radius 3 is 2.36 bits per heavy atom. The van der Waals surface area contributed by atoms with E-state index in [9.17, 15) is 14.4 Å². The zero-order chi connectivity index (χ0) is 18.4. The van der Waals surface area contributed by atoms with Crippen LogP contribution in [0.25, 0.3) is 0 Å². The summed E-state index contributed by atoms with van der Waals surface area (Å²) >= 11 is 0. The third-order valence-corrected chi connectivity index (χ3v) is 3.84. The van der Waals surface area contributed by atoms with E-state index in [4.69, 9.17) is 4.74 Å².